The molecule has 8 heteroatoms. The SMILES string of the molecule is CC(c1cccs1)N(C)c1ncnc(N)c1[N+](=O)[O-]. The van der Waals surface area contributed by atoms with E-state index in [4.69, 9.17) is 5.73 Å². The average Bonchev–Trinajstić information content (AvgIpc) is 2.90. The number of rotatable bonds is 4. The number of hydrogen-bond acceptors (Lipinski definition) is 7. The Bertz CT molecular complexity index is 587. The third-order valence-electron chi connectivity index (χ3n) is 2.88. The maximum Gasteiger partial charge on any atom is 0.353 e. The van der Waals surface area contributed by atoms with Gasteiger partial charge in [-0.1, -0.05) is 6.07 Å². The van der Waals surface area contributed by atoms with Gasteiger partial charge in [0.15, 0.2) is 0 Å². The lowest BCUT2D eigenvalue weighted by molar-refractivity contribution is -0.383. The summed E-state index contributed by atoms with van der Waals surface area (Å²) in [7, 11) is 1.75. The minimum atomic E-state index is -0.553. The van der Waals surface area contributed by atoms with E-state index in [2.05, 4.69) is 9.97 Å². The highest BCUT2D eigenvalue weighted by Crippen LogP contribution is 2.34. The van der Waals surface area contributed by atoms with Crippen LogP contribution in [-0.4, -0.2) is 21.9 Å². The van der Waals surface area contributed by atoms with Gasteiger partial charge in [0.1, 0.15) is 6.33 Å². The van der Waals surface area contributed by atoms with Gasteiger partial charge in [-0.2, -0.15) is 0 Å². The zero-order valence-corrected chi connectivity index (χ0v) is 11.3. The van der Waals surface area contributed by atoms with Crippen molar-refractivity contribution in [3.8, 4) is 0 Å². The largest absolute Gasteiger partial charge is 0.378 e. The van der Waals surface area contributed by atoms with Crippen molar-refractivity contribution in [2.75, 3.05) is 17.7 Å². The molecule has 0 saturated heterocycles. The van der Waals surface area contributed by atoms with Gasteiger partial charge in [0.05, 0.1) is 11.0 Å². The fourth-order valence-corrected chi connectivity index (χ4v) is 2.55. The number of hydrogen-bond donors (Lipinski definition) is 1. The normalized spacial score (nSPS) is 12.1. The summed E-state index contributed by atoms with van der Waals surface area (Å²) in [6.07, 6.45) is 1.23. The fourth-order valence-electron chi connectivity index (χ4n) is 1.72. The molecular formula is C11H13N5O2S. The van der Waals surface area contributed by atoms with Crippen LogP contribution in [0.15, 0.2) is 23.8 Å². The standard InChI is InChI=1S/C11H13N5O2S/c1-7(8-4-3-5-19-8)15(2)11-9(16(17)18)10(12)13-6-14-11/h3-7H,1-2H3,(H2,12,13,14). The summed E-state index contributed by atoms with van der Waals surface area (Å²) in [5.74, 6) is 0.0960. The molecule has 0 amide bonds. The fraction of sp³-hybridized carbons (Fsp3) is 0.273. The molecule has 1 atom stereocenters. The average molecular weight is 279 g/mol. The predicted molar refractivity (Wildman–Crippen MR) is 74.2 cm³/mol. The van der Waals surface area contributed by atoms with Gasteiger partial charge in [0, 0.05) is 11.9 Å². The van der Waals surface area contributed by atoms with Gasteiger partial charge < -0.3 is 10.6 Å². The van der Waals surface area contributed by atoms with Crippen LogP contribution in [-0.2, 0) is 0 Å². The molecule has 0 fully saturated rings. The minimum absolute atomic E-state index is 0.0343. The smallest absolute Gasteiger partial charge is 0.353 e. The molecular weight excluding hydrogens is 266 g/mol. The summed E-state index contributed by atoms with van der Waals surface area (Å²) in [6.45, 7) is 1.95. The predicted octanol–water partition coefficient (Wildman–Crippen LogP) is 2.23. The summed E-state index contributed by atoms with van der Waals surface area (Å²) in [6, 6.07) is 3.88. The molecule has 2 rings (SSSR count). The molecule has 0 aromatic carbocycles. The third kappa shape index (κ3) is 2.48. The highest BCUT2D eigenvalue weighted by atomic mass is 32.1. The van der Waals surface area contributed by atoms with Crippen LogP contribution >= 0.6 is 11.3 Å². The molecule has 0 radical (unpaired) electrons. The van der Waals surface area contributed by atoms with Crippen LogP contribution in [0.4, 0.5) is 17.3 Å². The van der Waals surface area contributed by atoms with Crippen molar-refractivity contribution in [1.29, 1.82) is 0 Å². The highest BCUT2D eigenvalue weighted by molar-refractivity contribution is 7.10. The molecule has 2 aromatic heterocycles. The Kier molecular flexibility index (Phi) is 3.61. The first kappa shape index (κ1) is 13.2. The van der Waals surface area contributed by atoms with Crippen molar-refractivity contribution in [2.24, 2.45) is 0 Å². The Labute approximate surface area is 113 Å². The van der Waals surface area contributed by atoms with Crippen molar-refractivity contribution < 1.29 is 4.92 Å². The highest BCUT2D eigenvalue weighted by Gasteiger charge is 2.26. The van der Waals surface area contributed by atoms with Crippen molar-refractivity contribution in [2.45, 2.75) is 13.0 Å². The van der Waals surface area contributed by atoms with Crippen molar-refractivity contribution >= 4 is 28.7 Å². The van der Waals surface area contributed by atoms with E-state index in [1.165, 1.54) is 6.33 Å². The van der Waals surface area contributed by atoms with E-state index in [0.29, 0.717) is 0 Å². The molecule has 0 aliphatic carbocycles. The number of nitrogens with zero attached hydrogens (tertiary/aromatic N) is 4. The molecule has 0 aliphatic rings. The van der Waals surface area contributed by atoms with E-state index in [9.17, 15) is 10.1 Å². The molecule has 2 heterocycles. The number of nitrogens with two attached hydrogens (primary N) is 1. The lowest BCUT2D eigenvalue weighted by Gasteiger charge is -2.24. The van der Waals surface area contributed by atoms with Crippen LogP contribution in [0, 0.1) is 10.1 Å². The van der Waals surface area contributed by atoms with E-state index in [1.807, 2.05) is 24.4 Å². The second kappa shape index (κ2) is 5.19. The van der Waals surface area contributed by atoms with Crippen molar-refractivity contribution in [3.05, 3.63) is 38.8 Å². The van der Waals surface area contributed by atoms with Gasteiger partial charge in [-0.3, -0.25) is 10.1 Å². The summed E-state index contributed by atoms with van der Waals surface area (Å²) in [5, 5.41) is 13.0. The molecule has 0 aliphatic heterocycles. The Morgan fingerprint density at radius 2 is 2.26 bits per heavy atom. The second-order valence-corrected chi connectivity index (χ2v) is 4.97. The molecule has 0 spiro atoms. The van der Waals surface area contributed by atoms with Crippen LogP contribution in [0.5, 0.6) is 0 Å². The summed E-state index contributed by atoms with van der Waals surface area (Å²) in [4.78, 5) is 21.0. The Hall–Kier alpha value is -2.22. The maximum absolute atomic E-state index is 11.1. The Morgan fingerprint density at radius 3 is 2.84 bits per heavy atom. The lowest BCUT2D eigenvalue weighted by Crippen LogP contribution is -2.23. The molecule has 2 N–H and O–H groups in total. The monoisotopic (exact) mass is 279 g/mol. The molecule has 0 bridgehead atoms. The maximum atomic E-state index is 11.1. The summed E-state index contributed by atoms with van der Waals surface area (Å²) >= 11 is 1.59. The van der Waals surface area contributed by atoms with Crippen LogP contribution in [0.3, 0.4) is 0 Å². The quantitative estimate of drug-likeness (QED) is 0.680. The third-order valence-corrected chi connectivity index (χ3v) is 3.93. The van der Waals surface area contributed by atoms with Gasteiger partial charge in [-0.15, -0.1) is 11.3 Å². The Morgan fingerprint density at radius 1 is 1.53 bits per heavy atom. The number of thiophene rings is 1. The zero-order chi connectivity index (χ0) is 14.0. The molecule has 2 aromatic rings. The lowest BCUT2D eigenvalue weighted by atomic mass is 10.2. The molecule has 100 valence electrons. The zero-order valence-electron chi connectivity index (χ0n) is 10.5. The van der Waals surface area contributed by atoms with Gasteiger partial charge in [-0.05, 0) is 18.4 Å². The van der Waals surface area contributed by atoms with E-state index in [1.54, 1.807) is 23.3 Å². The molecule has 0 saturated carbocycles. The van der Waals surface area contributed by atoms with Gasteiger partial charge >= 0.3 is 5.69 Å². The number of anilines is 2. The number of aromatic nitrogens is 2. The summed E-state index contributed by atoms with van der Waals surface area (Å²) in [5.41, 5.74) is 5.31. The van der Waals surface area contributed by atoms with Crippen molar-refractivity contribution in [3.63, 3.8) is 0 Å². The number of nitro groups is 1. The Balaban J connectivity index is 2.42. The van der Waals surface area contributed by atoms with Gasteiger partial charge in [0.25, 0.3) is 0 Å². The van der Waals surface area contributed by atoms with Gasteiger partial charge in [0.2, 0.25) is 11.6 Å². The van der Waals surface area contributed by atoms with Crippen LogP contribution in [0.1, 0.15) is 17.8 Å². The molecule has 1 unspecified atom stereocenters. The van der Waals surface area contributed by atoms with E-state index in [-0.39, 0.29) is 23.4 Å². The minimum Gasteiger partial charge on any atom is -0.378 e. The second-order valence-electron chi connectivity index (χ2n) is 3.99. The number of nitrogen functional groups attached to an aromatic ring is 1. The first-order chi connectivity index (χ1) is 9.02. The van der Waals surface area contributed by atoms with Crippen LogP contribution in [0.25, 0.3) is 0 Å². The van der Waals surface area contributed by atoms with Crippen molar-refractivity contribution in [1.82, 2.24) is 9.97 Å². The van der Waals surface area contributed by atoms with Gasteiger partial charge in [-0.25, -0.2) is 9.97 Å². The first-order valence-electron chi connectivity index (χ1n) is 5.53. The molecule has 7 nitrogen and oxygen atoms in total. The van der Waals surface area contributed by atoms with E-state index in [0.717, 1.165) is 4.88 Å². The topological polar surface area (TPSA) is 98.2 Å². The molecule has 19 heavy (non-hydrogen) atoms. The van der Waals surface area contributed by atoms with E-state index < -0.39 is 4.92 Å². The summed E-state index contributed by atoms with van der Waals surface area (Å²) < 4.78 is 0. The van der Waals surface area contributed by atoms with E-state index >= 15 is 0 Å². The van der Waals surface area contributed by atoms with Crippen LogP contribution in [0.2, 0.25) is 0 Å². The first-order valence-corrected chi connectivity index (χ1v) is 6.41. The van der Waals surface area contributed by atoms with Crippen LogP contribution < -0.4 is 10.6 Å².